The van der Waals surface area contributed by atoms with Gasteiger partial charge in [-0.2, -0.15) is 0 Å². The lowest BCUT2D eigenvalue weighted by molar-refractivity contribution is -0.384. The van der Waals surface area contributed by atoms with Gasteiger partial charge in [0.15, 0.2) is 0 Å². The fraction of sp³-hybridized carbons (Fsp3) is 0.435. The molecule has 0 saturated heterocycles. The summed E-state index contributed by atoms with van der Waals surface area (Å²) in [6, 6.07) is 11.9. The topological polar surface area (TPSA) is 119 Å². The molecular weight excluding hydrogens is 446 g/mol. The predicted molar refractivity (Wildman–Crippen MR) is 128 cm³/mol. The Morgan fingerprint density at radius 3 is 2.33 bits per heavy atom. The van der Waals surface area contributed by atoms with Crippen molar-refractivity contribution in [1.82, 2.24) is 5.32 Å². The number of nitrogens with one attached hydrogen (secondary N) is 1. The molecule has 0 fully saturated rings. The van der Waals surface area contributed by atoms with Crippen LogP contribution in [0.3, 0.4) is 0 Å². The first kappa shape index (κ1) is 26.1. The predicted octanol–water partition coefficient (Wildman–Crippen LogP) is 3.63. The molecule has 10 heteroatoms. The van der Waals surface area contributed by atoms with Gasteiger partial charge in [0.1, 0.15) is 18.4 Å². The molecule has 0 radical (unpaired) electrons. The molecule has 2 rings (SSSR count). The number of nitrogens with zero attached hydrogens (tertiary/aromatic N) is 2. The van der Waals surface area contributed by atoms with E-state index in [0.29, 0.717) is 5.75 Å². The highest BCUT2D eigenvalue weighted by atomic mass is 32.2. The highest BCUT2D eigenvalue weighted by Crippen LogP contribution is 2.27. The maximum atomic E-state index is 12.8. The zero-order valence-corrected chi connectivity index (χ0v) is 20.4. The zero-order chi connectivity index (χ0) is 24.8. The van der Waals surface area contributed by atoms with Crippen LogP contribution in [0.2, 0.25) is 0 Å². The van der Waals surface area contributed by atoms with E-state index in [1.165, 1.54) is 23.8 Å². The van der Waals surface area contributed by atoms with Gasteiger partial charge in [0, 0.05) is 12.1 Å². The third-order valence-electron chi connectivity index (χ3n) is 5.02. The summed E-state index contributed by atoms with van der Waals surface area (Å²) in [5, 5.41) is 13.8. The van der Waals surface area contributed by atoms with E-state index in [9.17, 15) is 23.3 Å². The molecule has 1 N–H and O–H groups in total. The van der Waals surface area contributed by atoms with E-state index in [0.717, 1.165) is 16.6 Å². The molecule has 0 bridgehead atoms. The summed E-state index contributed by atoms with van der Waals surface area (Å²) in [6.07, 6.45) is 1.14. The first-order chi connectivity index (χ1) is 15.3. The van der Waals surface area contributed by atoms with Crippen molar-refractivity contribution in [2.45, 2.75) is 45.6 Å². The number of carbonyl (C=O) groups is 1. The second-order valence-corrected chi connectivity index (χ2v) is 10.5. The van der Waals surface area contributed by atoms with E-state index >= 15 is 0 Å². The quantitative estimate of drug-likeness (QED) is 0.317. The second kappa shape index (κ2) is 10.7. The SMILES string of the molecule is CC[C@H](C(=O)NCCOc1ccc(C(C)(C)C)cc1)N(c1cccc([N+](=O)[O-])c1)S(C)(=O)=O. The lowest BCUT2D eigenvalue weighted by Crippen LogP contribution is -2.50. The minimum absolute atomic E-state index is 0.0341. The van der Waals surface area contributed by atoms with Crippen molar-refractivity contribution in [3.63, 3.8) is 0 Å². The van der Waals surface area contributed by atoms with E-state index < -0.39 is 26.9 Å². The first-order valence-corrected chi connectivity index (χ1v) is 12.4. The van der Waals surface area contributed by atoms with Crippen LogP contribution in [-0.2, 0) is 20.2 Å². The molecule has 2 aromatic rings. The van der Waals surface area contributed by atoms with E-state index in [1.54, 1.807) is 6.92 Å². The summed E-state index contributed by atoms with van der Waals surface area (Å²) >= 11 is 0. The third kappa shape index (κ3) is 7.18. The number of rotatable bonds is 10. The van der Waals surface area contributed by atoms with Crippen LogP contribution in [0.1, 0.15) is 39.7 Å². The Labute approximate surface area is 195 Å². The Kier molecular flexibility index (Phi) is 8.43. The molecule has 0 spiro atoms. The van der Waals surface area contributed by atoms with Gasteiger partial charge in [0.05, 0.1) is 23.4 Å². The molecular formula is C23H31N3O6S. The average Bonchev–Trinajstić information content (AvgIpc) is 2.73. The van der Waals surface area contributed by atoms with Crippen molar-refractivity contribution in [3.8, 4) is 5.75 Å². The van der Waals surface area contributed by atoms with Crippen LogP contribution in [0.25, 0.3) is 0 Å². The number of hydrogen-bond donors (Lipinski definition) is 1. The summed E-state index contributed by atoms with van der Waals surface area (Å²) in [5.74, 6) is 0.153. The highest BCUT2D eigenvalue weighted by molar-refractivity contribution is 7.92. The molecule has 1 amide bonds. The lowest BCUT2D eigenvalue weighted by atomic mass is 9.87. The summed E-state index contributed by atoms with van der Waals surface area (Å²) in [5.41, 5.74) is 1.01. The monoisotopic (exact) mass is 477 g/mol. The third-order valence-corrected chi connectivity index (χ3v) is 6.20. The standard InChI is InChI=1S/C23H31N3O6S/c1-6-21(25(33(5,30)31)18-8-7-9-19(16-18)26(28)29)22(27)24-14-15-32-20-12-10-17(11-13-20)23(2,3)4/h7-13,16,21H,6,14-15H2,1-5H3,(H,24,27)/t21-/m1/s1. The van der Waals surface area contributed by atoms with E-state index in [4.69, 9.17) is 4.74 Å². The Morgan fingerprint density at radius 1 is 1.18 bits per heavy atom. The van der Waals surface area contributed by atoms with Crippen LogP contribution >= 0.6 is 0 Å². The van der Waals surface area contributed by atoms with Crippen molar-refractivity contribution in [3.05, 3.63) is 64.2 Å². The van der Waals surface area contributed by atoms with Crippen molar-refractivity contribution >= 4 is 27.3 Å². The number of ether oxygens (including phenoxy) is 1. The summed E-state index contributed by atoms with van der Waals surface area (Å²) < 4.78 is 31.6. The van der Waals surface area contributed by atoms with E-state index in [2.05, 4.69) is 26.1 Å². The van der Waals surface area contributed by atoms with Crippen molar-refractivity contribution in [1.29, 1.82) is 0 Å². The normalized spacial score (nSPS) is 12.6. The molecule has 0 aliphatic carbocycles. The van der Waals surface area contributed by atoms with Crippen molar-refractivity contribution in [2.24, 2.45) is 0 Å². The summed E-state index contributed by atoms with van der Waals surface area (Å²) in [6.45, 7) is 8.41. The van der Waals surface area contributed by atoms with Gasteiger partial charge < -0.3 is 10.1 Å². The lowest BCUT2D eigenvalue weighted by Gasteiger charge is -2.30. The molecule has 9 nitrogen and oxygen atoms in total. The van der Waals surface area contributed by atoms with Gasteiger partial charge in [-0.1, -0.05) is 45.9 Å². The number of non-ortho nitro benzene ring substituents is 1. The number of anilines is 1. The van der Waals surface area contributed by atoms with Crippen LogP contribution in [0.4, 0.5) is 11.4 Å². The van der Waals surface area contributed by atoms with E-state index in [1.807, 2.05) is 24.3 Å². The number of sulfonamides is 1. The maximum absolute atomic E-state index is 12.8. The molecule has 2 aromatic carbocycles. The van der Waals surface area contributed by atoms with Gasteiger partial charge in [0.2, 0.25) is 15.9 Å². The van der Waals surface area contributed by atoms with Gasteiger partial charge in [-0.3, -0.25) is 19.2 Å². The average molecular weight is 478 g/mol. The molecule has 0 aromatic heterocycles. The van der Waals surface area contributed by atoms with Crippen LogP contribution in [-0.4, -0.2) is 44.7 Å². The Morgan fingerprint density at radius 2 is 1.82 bits per heavy atom. The Balaban J connectivity index is 2.06. The molecule has 0 heterocycles. The molecule has 0 saturated carbocycles. The number of nitro benzene ring substituents is 1. The number of amides is 1. The number of benzene rings is 2. The van der Waals surface area contributed by atoms with Crippen LogP contribution < -0.4 is 14.4 Å². The van der Waals surface area contributed by atoms with Gasteiger partial charge >= 0.3 is 0 Å². The van der Waals surface area contributed by atoms with E-state index in [-0.39, 0.29) is 36.4 Å². The summed E-state index contributed by atoms with van der Waals surface area (Å²) in [4.78, 5) is 23.3. The van der Waals surface area contributed by atoms with Crippen LogP contribution in [0.15, 0.2) is 48.5 Å². The fourth-order valence-electron chi connectivity index (χ4n) is 3.32. The minimum Gasteiger partial charge on any atom is -0.492 e. The van der Waals surface area contributed by atoms with Crippen molar-refractivity contribution < 1.29 is 22.9 Å². The number of nitro groups is 1. The highest BCUT2D eigenvalue weighted by Gasteiger charge is 2.32. The van der Waals surface area contributed by atoms with Gasteiger partial charge in [-0.05, 0) is 35.6 Å². The zero-order valence-electron chi connectivity index (χ0n) is 19.6. The molecule has 1 atom stereocenters. The fourth-order valence-corrected chi connectivity index (χ4v) is 4.52. The molecule has 33 heavy (non-hydrogen) atoms. The number of hydrogen-bond acceptors (Lipinski definition) is 6. The molecule has 0 unspecified atom stereocenters. The summed E-state index contributed by atoms with van der Waals surface area (Å²) in [7, 11) is -3.89. The smallest absolute Gasteiger partial charge is 0.271 e. The Bertz CT molecular complexity index is 1080. The molecule has 0 aliphatic rings. The maximum Gasteiger partial charge on any atom is 0.271 e. The van der Waals surface area contributed by atoms with Crippen LogP contribution in [0, 0.1) is 10.1 Å². The Hall–Kier alpha value is -3.14. The van der Waals surface area contributed by atoms with Gasteiger partial charge in [-0.15, -0.1) is 0 Å². The van der Waals surface area contributed by atoms with Gasteiger partial charge in [0.25, 0.3) is 5.69 Å². The van der Waals surface area contributed by atoms with Gasteiger partial charge in [-0.25, -0.2) is 8.42 Å². The largest absolute Gasteiger partial charge is 0.492 e. The number of carbonyl (C=O) groups excluding carboxylic acids is 1. The second-order valence-electron chi connectivity index (χ2n) is 8.67. The van der Waals surface area contributed by atoms with Crippen LogP contribution in [0.5, 0.6) is 5.75 Å². The first-order valence-electron chi connectivity index (χ1n) is 10.6. The van der Waals surface area contributed by atoms with Crippen molar-refractivity contribution in [2.75, 3.05) is 23.7 Å². The minimum atomic E-state index is -3.89. The molecule has 180 valence electrons. The molecule has 0 aliphatic heterocycles.